The highest BCUT2D eigenvalue weighted by Crippen LogP contribution is 2.57. The van der Waals surface area contributed by atoms with Gasteiger partial charge in [0, 0.05) is 41.8 Å². The Hall–Kier alpha value is -6.04. The van der Waals surface area contributed by atoms with Gasteiger partial charge in [-0.2, -0.15) is 22.0 Å². The number of nitrogens with zero attached hydrogens (tertiary/aromatic N) is 3. The molecule has 5 aromatic rings. The number of allylic oxidation sites excluding steroid dienone is 1. The number of hydrogen-bond acceptors (Lipinski definition) is 17. The predicted molar refractivity (Wildman–Crippen MR) is 293 cm³/mol. The summed E-state index contributed by atoms with van der Waals surface area (Å²) in [6.07, 6.45) is 3.60. The fourth-order valence-electron chi connectivity index (χ4n) is 9.34. The molecular formula is C53H62Cl2N6O13S3. The number of ether oxygens (including phenoxy) is 3. The highest BCUT2D eigenvalue weighted by molar-refractivity contribution is 7.85. The van der Waals surface area contributed by atoms with Gasteiger partial charge in [-0.25, -0.2) is 14.7 Å². The average Bonchev–Trinajstić information content (AvgIpc) is 3.80. The van der Waals surface area contributed by atoms with Gasteiger partial charge in [0.1, 0.15) is 29.4 Å². The summed E-state index contributed by atoms with van der Waals surface area (Å²) in [6, 6.07) is 18.3. The third-order valence-electron chi connectivity index (χ3n) is 13.3. The monoisotopic (exact) mass is 1160 g/mol. The van der Waals surface area contributed by atoms with Crippen molar-refractivity contribution in [2.75, 3.05) is 19.0 Å². The Morgan fingerprint density at radius 2 is 1.56 bits per heavy atom. The van der Waals surface area contributed by atoms with Gasteiger partial charge >= 0.3 is 26.6 Å². The van der Waals surface area contributed by atoms with Crippen LogP contribution in [-0.2, 0) is 44.5 Å². The SMILES string of the molecule is C=C[C@@H]1C[C@]1(CC(=O)[C@@H]1C[C@@H](Oc2cc(-c3csc(NC(C)C)n3)nc3cc(OC)ccc23)CN1C(=O)[C@@H](CC(=O)OC1CCCC1)C(C)(C)C)C(=O)NS(=O)(=O)Oc1ccccc1Cl.NS(=O)(=O)Oc1ccccc1Cl. The summed E-state index contributed by atoms with van der Waals surface area (Å²) in [5.41, 5.74) is -0.506. The lowest BCUT2D eigenvalue weighted by Crippen LogP contribution is -2.48. The van der Waals surface area contributed by atoms with Crippen molar-refractivity contribution in [3.63, 3.8) is 0 Å². The van der Waals surface area contributed by atoms with Gasteiger partial charge < -0.3 is 32.8 Å². The van der Waals surface area contributed by atoms with Crippen molar-refractivity contribution in [2.24, 2.45) is 27.8 Å². The van der Waals surface area contributed by atoms with E-state index >= 15 is 0 Å². The summed E-state index contributed by atoms with van der Waals surface area (Å²) >= 11 is 13.2. The molecule has 3 fully saturated rings. The summed E-state index contributed by atoms with van der Waals surface area (Å²) < 4.78 is 76.8. The zero-order chi connectivity index (χ0) is 56.0. The molecule has 1 aliphatic heterocycles. The first-order chi connectivity index (χ1) is 36.3. The second-order valence-corrected chi connectivity index (χ2v) is 24.6. The Morgan fingerprint density at radius 1 is 0.909 bits per heavy atom. The number of likely N-dealkylation sites (tertiary alicyclic amines) is 1. The first-order valence-corrected chi connectivity index (χ1v) is 29.3. The van der Waals surface area contributed by atoms with Gasteiger partial charge in [0.25, 0.3) is 0 Å². The summed E-state index contributed by atoms with van der Waals surface area (Å²) in [4.78, 5) is 68.3. The smallest absolute Gasteiger partial charge is 0.409 e. The second-order valence-electron chi connectivity index (χ2n) is 20.5. The largest absolute Gasteiger partial charge is 0.497 e. The molecule has 4 N–H and O–H groups in total. The molecule has 3 aliphatic rings. The molecule has 3 heterocycles. The summed E-state index contributed by atoms with van der Waals surface area (Å²) in [5.74, 6) is -2.92. The number of rotatable bonds is 20. The molecule has 77 heavy (non-hydrogen) atoms. The number of halogens is 2. The van der Waals surface area contributed by atoms with E-state index in [0.29, 0.717) is 33.8 Å². The first kappa shape index (κ1) is 58.6. The number of benzene rings is 3. The molecule has 8 rings (SSSR count). The Balaban J connectivity index is 0.000000633. The Labute approximate surface area is 462 Å². The highest BCUT2D eigenvalue weighted by Gasteiger charge is 2.61. The molecule has 414 valence electrons. The van der Waals surface area contributed by atoms with Gasteiger partial charge in [0.05, 0.1) is 58.7 Å². The number of para-hydroxylation sites is 2. The number of carbonyl (C=O) groups is 4. The highest BCUT2D eigenvalue weighted by atomic mass is 35.5. The lowest BCUT2D eigenvalue weighted by atomic mass is 9.77. The molecule has 5 atom stereocenters. The number of ketones is 1. The van der Waals surface area contributed by atoms with Crippen LogP contribution >= 0.6 is 34.5 Å². The van der Waals surface area contributed by atoms with Crippen LogP contribution in [0.1, 0.15) is 86.0 Å². The topological polar surface area (TPSA) is 262 Å². The van der Waals surface area contributed by atoms with Crippen molar-refractivity contribution < 1.29 is 58.6 Å². The van der Waals surface area contributed by atoms with Crippen molar-refractivity contribution >= 4 is 94.7 Å². The van der Waals surface area contributed by atoms with E-state index in [-0.39, 0.29) is 59.5 Å². The molecule has 2 aromatic heterocycles. The van der Waals surface area contributed by atoms with Crippen LogP contribution in [0, 0.1) is 22.7 Å². The van der Waals surface area contributed by atoms with Gasteiger partial charge in [-0.05, 0) is 93.7 Å². The van der Waals surface area contributed by atoms with Gasteiger partial charge in [0.2, 0.25) is 11.8 Å². The molecule has 0 radical (unpaired) electrons. The van der Waals surface area contributed by atoms with Crippen LogP contribution in [0.2, 0.25) is 10.0 Å². The summed E-state index contributed by atoms with van der Waals surface area (Å²) in [5, 5.41) is 11.4. The maximum absolute atomic E-state index is 15.0. The standard InChI is InChI=1S/C47H56ClN5O10S2.C6H6ClNO3S/c1-8-28-23-47(28,44(57)52-65(58,59)63-40-16-12-11-15-34(40)48)24-39(54)38-20-31(25-53(38)43(56)33(46(4,5)6)21-42(55)62-29-13-9-10-14-29)61-41-22-36(37-26-64-45(51-37)49-27(2)3)50-35-19-30(60-7)17-18-32(35)41;7-5-3-1-2-4-6(5)11-12(8,9)10/h8,11-12,15-19,22,26-29,31,33,38H,1,9-10,13-14,20-21,23-25H2,2-7H3,(H,49,51)(H,52,57);1-4H,(H2,8,9,10)/t28-,31-,33-,38+,47-;/m1./s1. The molecule has 0 unspecified atom stereocenters. The van der Waals surface area contributed by atoms with E-state index < -0.39 is 85.4 Å². The number of pyridine rings is 1. The number of amides is 2. The van der Waals surface area contributed by atoms with E-state index in [9.17, 15) is 36.0 Å². The van der Waals surface area contributed by atoms with Crippen LogP contribution in [-0.4, -0.2) is 93.2 Å². The molecule has 2 amide bonds. The number of nitrogens with two attached hydrogens (primary N) is 1. The van der Waals surface area contributed by atoms with Gasteiger partial charge in [-0.1, -0.05) is 74.3 Å². The number of anilines is 1. The second kappa shape index (κ2) is 24.3. The van der Waals surface area contributed by atoms with Gasteiger partial charge in [-0.3, -0.25) is 19.2 Å². The number of methoxy groups -OCH3 is 1. The zero-order valence-corrected chi connectivity index (χ0v) is 47.3. The minimum absolute atomic E-state index is 0.0145. The van der Waals surface area contributed by atoms with E-state index in [1.54, 1.807) is 43.5 Å². The third-order valence-corrected chi connectivity index (χ3v) is 16.0. The summed E-state index contributed by atoms with van der Waals surface area (Å²) in [7, 11) is -7.15. The molecule has 0 spiro atoms. The minimum atomic E-state index is -4.73. The van der Waals surface area contributed by atoms with Crippen LogP contribution in [0.25, 0.3) is 22.3 Å². The van der Waals surface area contributed by atoms with Crippen LogP contribution in [0.5, 0.6) is 23.0 Å². The Kier molecular flexibility index (Phi) is 18.5. The van der Waals surface area contributed by atoms with Crippen LogP contribution in [0.3, 0.4) is 0 Å². The van der Waals surface area contributed by atoms with E-state index in [1.807, 2.05) is 50.8 Å². The molecule has 0 bridgehead atoms. The van der Waals surface area contributed by atoms with Crippen molar-refractivity contribution in [1.82, 2.24) is 19.6 Å². The number of nitrogens with one attached hydrogen (secondary N) is 2. The van der Waals surface area contributed by atoms with E-state index in [1.165, 1.54) is 52.6 Å². The molecular weight excluding hydrogens is 1100 g/mol. The fourth-order valence-corrected chi connectivity index (χ4v) is 11.9. The van der Waals surface area contributed by atoms with Crippen molar-refractivity contribution in [2.45, 2.75) is 110 Å². The lowest BCUT2D eigenvalue weighted by Gasteiger charge is -2.35. The van der Waals surface area contributed by atoms with Crippen molar-refractivity contribution in [1.29, 1.82) is 0 Å². The lowest BCUT2D eigenvalue weighted by molar-refractivity contribution is -0.156. The predicted octanol–water partition coefficient (Wildman–Crippen LogP) is 9.24. The van der Waals surface area contributed by atoms with Crippen LogP contribution in [0.4, 0.5) is 5.13 Å². The molecule has 24 heteroatoms. The summed E-state index contributed by atoms with van der Waals surface area (Å²) in [6.45, 7) is 13.4. The van der Waals surface area contributed by atoms with E-state index in [4.69, 9.17) is 51.6 Å². The normalized spacial score (nSPS) is 19.9. The first-order valence-electron chi connectivity index (χ1n) is 24.8. The third kappa shape index (κ3) is 15.2. The number of aromatic nitrogens is 2. The fraction of sp³-hybridized carbons (Fsp3) is 0.434. The van der Waals surface area contributed by atoms with E-state index in [2.05, 4.69) is 21.2 Å². The van der Waals surface area contributed by atoms with Crippen molar-refractivity contribution in [3.05, 3.63) is 101 Å². The Bertz CT molecular complexity index is 3240. The number of hydrogen-bond donors (Lipinski definition) is 3. The van der Waals surface area contributed by atoms with Crippen molar-refractivity contribution in [3.8, 4) is 34.4 Å². The van der Waals surface area contributed by atoms with Crippen LogP contribution < -0.4 is 33.0 Å². The maximum atomic E-state index is 15.0. The number of fused-ring (bicyclic) bond motifs is 1. The minimum Gasteiger partial charge on any atom is -0.497 e. The van der Waals surface area contributed by atoms with Gasteiger partial charge in [-0.15, -0.1) is 17.9 Å². The van der Waals surface area contributed by atoms with Crippen LogP contribution in [0.15, 0.2) is 90.8 Å². The molecule has 19 nitrogen and oxygen atoms in total. The average molecular weight is 1160 g/mol. The molecule has 1 saturated heterocycles. The number of thiazole rings is 1. The zero-order valence-electron chi connectivity index (χ0n) is 43.3. The quantitative estimate of drug-likeness (QED) is 0.0484. The molecule has 2 saturated carbocycles. The Morgan fingerprint density at radius 3 is 2.14 bits per heavy atom. The van der Waals surface area contributed by atoms with Gasteiger partial charge in [0.15, 0.2) is 22.4 Å². The van der Waals surface area contributed by atoms with E-state index in [0.717, 1.165) is 30.8 Å². The molecule has 3 aromatic carbocycles. The number of esters is 1. The maximum Gasteiger partial charge on any atom is 0.409 e. The number of Topliss-reactive ketones (excluding diaryl/α,β-unsaturated/α-hetero) is 1. The number of carbonyl (C=O) groups excluding carboxylic acids is 4. The molecule has 2 aliphatic carbocycles.